The minimum atomic E-state index is 0.740. The maximum Gasteiger partial charge on any atom is 0.220 e. The third-order valence-corrected chi connectivity index (χ3v) is 33.0. The average molecular weight is 1680 g/mol. The molecule has 0 unspecified atom stereocenters. The van der Waals surface area contributed by atoms with Gasteiger partial charge < -0.3 is 0 Å². The van der Waals surface area contributed by atoms with Gasteiger partial charge in [0.25, 0.3) is 0 Å². The van der Waals surface area contributed by atoms with Gasteiger partial charge in [-0.3, -0.25) is 0 Å². The smallest absolute Gasteiger partial charge is 0.200 e. The van der Waals surface area contributed by atoms with Crippen molar-refractivity contribution in [2.24, 2.45) is 28.2 Å². The quantitative estimate of drug-likeness (QED) is 0.102. The number of rotatable bonds is 13. The zero-order valence-corrected chi connectivity index (χ0v) is 79.4. The van der Waals surface area contributed by atoms with E-state index in [9.17, 15) is 0 Å². The highest BCUT2D eigenvalue weighted by Crippen LogP contribution is 2.48. The molecule has 8 fully saturated rings. The first kappa shape index (κ1) is 88.3. The Morgan fingerprint density at radius 3 is 0.811 bits per heavy atom. The van der Waals surface area contributed by atoms with E-state index in [0.717, 1.165) is 47.3 Å². The minimum absolute atomic E-state index is 0.740. The molecule has 0 aliphatic heterocycles. The molecule has 4 heteroatoms. The van der Waals surface area contributed by atoms with Gasteiger partial charge in [0.15, 0.2) is 24.8 Å². The molecule has 0 N–H and O–H groups in total. The van der Waals surface area contributed by atoms with Crippen LogP contribution in [0.5, 0.6) is 0 Å². The molecule has 4 nitrogen and oxygen atoms in total. The van der Waals surface area contributed by atoms with E-state index in [1.807, 2.05) is 0 Å². The van der Waals surface area contributed by atoms with Crippen molar-refractivity contribution in [3.8, 4) is 56.2 Å². The highest BCUT2D eigenvalue weighted by molar-refractivity contribution is 5.98. The fourth-order valence-corrected chi connectivity index (χ4v) is 25.3. The lowest BCUT2D eigenvalue weighted by atomic mass is 9.76. The Bertz CT molecular complexity index is 5970. The number of hydrogen-bond donors (Lipinski definition) is 0. The molecule has 4 aromatic heterocycles. The molecular weight excluding hydrogens is 1530 g/mol. The Balaban J connectivity index is 0.000000115. The van der Waals surface area contributed by atoms with Crippen LogP contribution in [0.15, 0.2) is 213 Å². The van der Waals surface area contributed by atoms with Gasteiger partial charge in [0.2, 0.25) is 22.8 Å². The molecule has 0 radical (unpaired) electrons. The Kier molecular flexibility index (Phi) is 28.6. The average Bonchev–Trinajstić information content (AvgIpc) is 0.679. The van der Waals surface area contributed by atoms with Crippen molar-refractivity contribution in [3.05, 3.63) is 285 Å². The molecule has 658 valence electrons. The van der Waals surface area contributed by atoms with Crippen molar-refractivity contribution in [2.75, 3.05) is 0 Å². The van der Waals surface area contributed by atoms with E-state index in [-0.39, 0.29) is 0 Å². The normalized spacial score (nSPS) is 18.3. The van der Waals surface area contributed by atoms with E-state index >= 15 is 0 Å². The molecule has 13 aromatic rings. The number of nitrogens with zero attached hydrogens (tertiary/aromatic N) is 4. The molecule has 0 amide bonds. The summed E-state index contributed by atoms with van der Waals surface area (Å²) in [4.78, 5) is 0. The lowest BCUT2D eigenvalue weighted by Crippen LogP contribution is -2.31. The summed E-state index contributed by atoms with van der Waals surface area (Å²) in [6.45, 7) is 11.5. The van der Waals surface area contributed by atoms with Crippen molar-refractivity contribution in [1.29, 1.82) is 0 Å². The molecule has 8 aliphatic carbocycles. The molecule has 0 spiro atoms. The van der Waals surface area contributed by atoms with Gasteiger partial charge in [0.05, 0.1) is 38.2 Å². The van der Waals surface area contributed by atoms with Gasteiger partial charge in [-0.15, -0.1) is 0 Å². The first-order chi connectivity index (χ1) is 62.2. The topological polar surface area (TPSA) is 15.5 Å². The second-order valence-electron chi connectivity index (χ2n) is 41.4. The second kappa shape index (κ2) is 41.2. The van der Waals surface area contributed by atoms with Crippen LogP contribution in [0.1, 0.15) is 377 Å². The van der Waals surface area contributed by atoms with Crippen molar-refractivity contribution < 1.29 is 18.3 Å². The monoisotopic (exact) mass is 1680 g/mol. The van der Waals surface area contributed by atoms with Crippen molar-refractivity contribution in [3.63, 3.8) is 0 Å². The second-order valence-corrected chi connectivity index (χ2v) is 41.4. The number of fused-ring (bicyclic) bond motifs is 4. The summed E-state index contributed by atoms with van der Waals surface area (Å²) in [6, 6.07) is 73.6. The first-order valence-electron chi connectivity index (χ1n) is 51.4. The van der Waals surface area contributed by atoms with Crippen LogP contribution in [0.2, 0.25) is 0 Å². The molecule has 127 heavy (non-hydrogen) atoms. The highest BCUT2D eigenvalue weighted by Gasteiger charge is 2.32. The molecule has 9 aromatic carbocycles. The summed E-state index contributed by atoms with van der Waals surface area (Å²) in [7, 11) is 8.84. The fraction of sp³-hybridized carbons (Fsp3) is 0.463. The maximum atomic E-state index is 2.66. The predicted molar refractivity (Wildman–Crippen MR) is 538 cm³/mol. The summed E-state index contributed by atoms with van der Waals surface area (Å²) in [5, 5.41) is 11.1. The number of pyridine rings is 4. The van der Waals surface area contributed by atoms with Crippen LogP contribution in [0, 0.1) is 34.6 Å². The molecule has 8 aliphatic rings. The van der Waals surface area contributed by atoms with E-state index in [2.05, 4.69) is 294 Å². The molecular formula is C123H150N4+4. The van der Waals surface area contributed by atoms with E-state index in [0.29, 0.717) is 0 Å². The van der Waals surface area contributed by atoms with Crippen LogP contribution in [0.4, 0.5) is 0 Å². The van der Waals surface area contributed by atoms with Gasteiger partial charge in [0.1, 0.15) is 28.2 Å². The maximum absolute atomic E-state index is 2.66. The van der Waals surface area contributed by atoms with Crippen LogP contribution in [0.3, 0.4) is 0 Å². The molecule has 4 heterocycles. The molecule has 0 bridgehead atoms. The van der Waals surface area contributed by atoms with Crippen LogP contribution in [-0.4, -0.2) is 0 Å². The Morgan fingerprint density at radius 2 is 0.465 bits per heavy atom. The third-order valence-electron chi connectivity index (χ3n) is 33.0. The van der Waals surface area contributed by atoms with Gasteiger partial charge >= 0.3 is 0 Å². The van der Waals surface area contributed by atoms with Gasteiger partial charge in [-0.2, -0.15) is 0 Å². The van der Waals surface area contributed by atoms with E-state index in [1.165, 1.54) is 384 Å². The molecule has 0 saturated heterocycles. The number of aryl methyl sites for hydroxylation is 7. The largest absolute Gasteiger partial charge is 0.220 e. The summed E-state index contributed by atoms with van der Waals surface area (Å²) >= 11 is 0. The van der Waals surface area contributed by atoms with Crippen molar-refractivity contribution >= 4 is 43.1 Å². The lowest BCUT2D eigenvalue weighted by molar-refractivity contribution is -0.659. The highest BCUT2D eigenvalue weighted by atomic mass is 14.9. The van der Waals surface area contributed by atoms with Gasteiger partial charge in [-0.1, -0.05) is 269 Å². The van der Waals surface area contributed by atoms with Crippen LogP contribution >= 0.6 is 0 Å². The van der Waals surface area contributed by atoms with Gasteiger partial charge in [0, 0.05) is 29.8 Å². The zero-order valence-electron chi connectivity index (χ0n) is 79.4. The Hall–Kier alpha value is -9.38. The standard InChI is InChI=1S/C35H46N.C30H38N.C29H36N.C29H30N/c1-25-33(28-16-10-5-11-17-28)23-31(27-14-8-4-9-15-27)24-34(25)35-32-19-18-29(26-12-6-3-7-13-26)22-30(32)20-21-36(35)2;1-21-18-27(24-12-8-5-9-13-24)20-29(22(21)2)30-28-15-14-25(23-10-6-4-7-11-23)19-26(28)16-17-31(30)3;2*1-21-13-14-25(23-11-7-4-8-12-23)20-28(21)29-27-16-15-24(22-9-5-3-6-10-22)19-26(27)17-18-30(29)2/h18-24,26-28H,3-17H2,1-2H3;14-20,23-24H,4-13H2,1-3H3;13-20,22-23H,3-12H2,1-2H3;4,7-8,11-20,22H,3,5-6,9-10H2,1-2H3/q4*+1. The van der Waals surface area contributed by atoms with Crippen LogP contribution in [-0.2, 0) is 28.2 Å². The van der Waals surface area contributed by atoms with E-state index < -0.39 is 0 Å². The summed E-state index contributed by atoms with van der Waals surface area (Å²) in [5.41, 5.74) is 33.4. The zero-order chi connectivity index (χ0) is 86.9. The Labute approximate surface area is 764 Å². The molecule has 21 rings (SSSR count). The van der Waals surface area contributed by atoms with Crippen LogP contribution in [0.25, 0.3) is 99.2 Å². The lowest BCUT2D eigenvalue weighted by Gasteiger charge is -2.28. The van der Waals surface area contributed by atoms with Crippen LogP contribution < -0.4 is 18.3 Å². The summed E-state index contributed by atoms with van der Waals surface area (Å²) < 4.78 is 9.35. The summed E-state index contributed by atoms with van der Waals surface area (Å²) in [6.07, 6.45) is 64.5. The number of benzene rings is 9. The number of aromatic nitrogens is 4. The molecule has 8 saturated carbocycles. The third kappa shape index (κ3) is 20.0. The Morgan fingerprint density at radius 1 is 0.197 bits per heavy atom. The number of hydrogen-bond acceptors (Lipinski definition) is 0. The van der Waals surface area contributed by atoms with Gasteiger partial charge in [-0.05, 0) is 338 Å². The first-order valence-corrected chi connectivity index (χ1v) is 51.4. The predicted octanol–water partition coefficient (Wildman–Crippen LogP) is 32.9. The van der Waals surface area contributed by atoms with E-state index in [1.54, 1.807) is 44.5 Å². The fourth-order valence-electron chi connectivity index (χ4n) is 25.3. The van der Waals surface area contributed by atoms with Crippen molar-refractivity contribution in [2.45, 2.75) is 339 Å². The van der Waals surface area contributed by atoms with E-state index in [4.69, 9.17) is 0 Å². The van der Waals surface area contributed by atoms with Gasteiger partial charge in [-0.25, -0.2) is 18.3 Å². The molecule has 0 atom stereocenters. The summed E-state index contributed by atoms with van der Waals surface area (Å²) in [5.74, 6) is 6.00. The minimum Gasteiger partial charge on any atom is -0.200 e. The SMILES string of the molecule is Cc1c(-c2c3ccc(C4CCCCC4)cc3cc[n+]2C)cc(C2CCCCC2)cc1C1CCCCC1.Cc1cc(C2CCCCC2)cc(-c2c3ccc(C4CCCCC4)cc3cc[n+]2C)c1C.Cc1ccc(-c2ccccc2)cc1-c1c2ccc(C3CCCCC3)cc2cc[n+]1C.Cc1ccc(C2CCCCC2)cc1-c1c2ccc(C3CCCCC3)cc2cc[n+]1C. The van der Waals surface area contributed by atoms with Crippen molar-refractivity contribution in [1.82, 2.24) is 0 Å².